The lowest BCUT2D eigenvalue weighted by Gasteiger charge is -2.19. The summed E-state index contributed by atoms with van der Waals surface area (Å²) in [5, 5.41) is 0. The van der Waals surface area contributed by atoms with Gasteiger partial charge in [-0.2, -0.15) is 9.30 Å². The van der Waals surface area contributed by atoms with Crippen molar-refractivity contribution in [1.82, 2.24) is 8.87 Å². The van der Waals surface area contributed by atoms with Crippen LogP contribution in [0.2, 0.25) is 0 Å². The number of hydrogen-bond acceptors (Lipinski definition) is 7. The largest absolute Gasteiger partial charge is 0.494 e. The van der Waals surface area contributed by atoms with E-state index in [9.17, 15) is 18.0 Å². The van der Waals surface area contributed by atoms with Crippen molar-refractivity contribution < 1.29 is 27.5 Å². The Hall–Kier alpha value is -3.02. The van der Waals surface area contributed by atoms with Crippen LogP contribution in [0, 0.1) is 0 Å². The average molecular weight is 546 g/mol. The number of thiazole rings is 1. The first-order valence-corrected chi connectivity index (χ1v) is 14.7. The molecule has 1 amide bonds. The van der Waals surface area contributed by atoms with Crippen LogP contribution in [0.3, 0.4) is 0 Å². The van der Waals surface area contributed by atoms with Gasteiger partial charge in [0, 0.05) is 18.7 Å². The number of benzene rings is 2. The molecule has 0 atom stereocenters. The summed E-state index contributed by atoms with van der Waals surface area (Å²) in [6.07, 6.45) is 3.76. The number of aromatic nitrogens is 1. The monoisotopic (exact) mass is 545 g/mol. The van der Waals surface area contributed by atoms with Crippen molar-refractivity contribution >= 4 is 43.5 Å². The van der Waals surface area contributed by atoms with E-state index in [1.165, 1.54) is 39.9 Å². The molecular formula is C26H31N3O6S2. The Morgan fingerprint density at radius 1 is 0.973 bits per heavy atom. The summed E-state index contributed by atoms with van der Waals surface area (Å²) < 4.78 is 40.8. The maximum Gasteiger partial charge on any atom is 0.326 e. The van der Waals surface area contributed by atoms with Crippen LogP contribution in [-0.4, -0.2) is 55.5 Å². The number of fused-ring (bicyclic) bond motifs is 1. The minimum Gasteiger partial charge on any atom is -0.494 e. The summed E-state index contributed by atoms with van der Waals surface area (Å²) in [6, 6.07) is 11.3. The minimum atomic E-state index is -3.61. The molecular weight excluding hydrogens is 514 g/mol. The first-order valence-electron chi connectivity index (χ1n) is 12.4. The third kappa shape index (κ3) is 6.28. The number of ether oxygens (including phenoxy) is 2. The van der Waals surface area contributed by atoms with Crippen LogP contribution in [0.15, 0.2) is 52.4 Å². The normalized spacial score (nSPS) is 15.5. The molecule has 198 valence electrons. The molecule has 2 heterocycles. The topological polar surface area (TPSA) is 107 Å². The Morgan fingerprint density at radius 2 is 1.68 bits per heavy atom. The van der Waals surface area contributed by atoms with E-state index in [2.05, 4.69) is 4.99 Å². The lowest BCUT2D eigenvalue weighted by atomic mass is 10.2. The first kappa shape index (κ1) is 27.0. The molecule has 1 fully saturated rings. The van der Waals surface area contributed by atoms with Crippen LogP contribution in [-0.2, 0) is 26.1 Å². The molecule has 3 aromatic rings. The fourth-order valence-electron chi connectivity index (χ4n) is 4.24. The molecule has 4 rings (SSSR count). The lowest BCUT2D eigenvalue weighted by molar-refractivity contribution is -0.143. The number of carbonyl (C=O) groups excluding carboxylic acids is 2. The van der Waals surface area contributed by atoms with Crippen molar-refractivity contribution in [3.05, 3.63) is 52.8 Å². The zero-order valence-electron chi connectivity index (χ0n) is 21.0. The lowest BCUT2D eigenvalue weighted by Crippen LogP contribution is -2.31. The Balaban J connectivity index is 1.65. The average Bonchev–Trinajstić information content (AvgIpc) is 3.04. The maximum absolute atomic E-state index is 13.1. The van der Waals surface area contributed by atoms with Gasteiger partial charge in [-0.3, -0.25) is 9.59 Å². The molecule has 1 aliphatic heterocycles. The zero-order chi connectivity index (χ0) is 26.4. The van der Waals surface area contributed by atoms with E-state index < -0.39 is 21.9 Å². The molecule has 1 aliphatic rings. The van der Waals surface area contributed by atoms with Crippen LogP contribution >= 0.6 is 11.3 Å². The highest BCUT2D eigenvalue weighted by Gasteiger charge is 2.25. The molecule has 0 aliphatic carbocycles. The summed E-state index contributed by atoms with van der Waals surface area (Å²) in [7, 11) is -3.61. The van der Waals surface area contributed by atoms with Gasteiger partial charge in [0.15, 0.2) is 4.80 Å². The number of hydrogen-bond donors (Lipinski definition) is 0. The van der Waals surface area contributed by atoms with Crippen LogP contribution < -0.4 is 9.54 Å². The number of amides is 1. The highest BCUT2D eigenvalue weighted by Crippen LogP contribution is 2.24. The van der Waals surface area contributed by atoms with Crippen LogP contribution in [0.4, 0.5) is 0 Å². The van der Waals surface area contributed by atoms with E-state index in [-0.39, 0.29) is 23.6 Å². The van der Waals surface area contributed by atoms with Gasteiger partial charge in [-0.15, -0.1) is 0 Å². The van der Waals surface area contributed by atoms with Crippen molar-refractivity contribution in [2.24, 2.45) is 4.99 Å². The Labute approximate surface area is 220 Å². The van der Waals surface area contributed by atoms with E-state index in [0.717, 1.165) is 35.9 Å². The van der Waals surface area contributed by atoms with Crippen LogP contribution in [0.5, 0.6) is 5.75 Å². The molecule has 1 saturated heterocycles. The number of esters is 1. The summed E-state index contributed by atoms with van der Waals surface area (Å²) >= 11 is 1.26. The first-order chi connectivity index (χ1) is 17.8. The fourth-order valence-corrected chi connectivity index (χ4v) is 6.81. The smallest absolute Gasteiger partial charge is 0.326 e. The van der Waals surface area contributed by atoms with Crippen LogP contribution in [0.25, 0.3) is 10.2 Å². The standard InChI is InChI=1S/C26H31N3O6S2/c1-3-34-20-11-14-22-23(17-20)36-26(29(22)18-24(30)35-4-2)27-25(31)19-9-12-21(13-10-19)37(32,33)28-15-7-5-6-8-16-28/h9-14,17H,3-8,15-16,18H2,1-2H3. The summed E-state index contributed by atoms with van der Waals surface area (Å²) in [4.78, 5) is 30.1. The van der Waals surface area contributed by atoms with Gasteiger partial charge in [0.25, 0.3) is 5.91 Å². The third-order valence-corrected chi connectivity index (χ3v) is 9.01. The van der Waals surface area contributed by atoms with E-state index in [0.29, 0.717) is 30.2 Å². The number of carbonyl (C=O) groups is 2. The third-order valence-electron chi connectivity index (χ3n) is 6.06. The molecule has 9 nitrogen and oxygen atoms in total. The number of rotatable bonds is 8. The predicted octanol–water partition coefficient (Wildman–Crippen LogP) is 3.97. The highest BCUT2D eigenvalue weighted by atomic mass is 32.2. The highest BCUT2D eigenvalue weighted by molar-refractivity contribution is 7.89. The SMILES string of the molecule is CCOC(=O)Cn1c(=NC(=O)c2ccc(S(=O)(=O)N3CCCCCC3)cc2)sc2cc(OCC)ccc21. The molecule has 0 spiro atoms. The second-order valence-electron chi connectivity index (χ2n) is 8.60. The second-order valence-corrected chi connectivity index (χ2v) is 11.5. The van der Waals surface area contributed by atoms with Gasteiger partial charge in [0.05, 0.1) is 28.3 Å². The van der Waals surface area contributed by atoms with E-state index in [4.69, 9.17) is 9.47 Å². The van der Waals surface area contributed by atoms with Gasteiger partial charge in [-0.25, -0.2) is 8.42 Å². The molecule has 0 radical (unpaired) electrons. The van der Waals surface area contributed by atoms with Gasteiger partial charge in [-0.05, 0) is 69.2 Å². The summed E-state index contributed by atoms with van der Waals surface area (Å²) in [5.41, 5.74) is 0.983. The van der Waals surface area contributed by atoms with Gasteiger partial charge in [-0.1, -0.05) is 24.2 Å². The molecule has 0 N–H and O–H groups in total. The van der Waals surface area contributed by atoms with Gasteiger partial charge in [0.2, 0.25) is 10.0 Å². The minimum absolute atomic E-state index is 0.0963. The number of nitrogens with zero attached hydrogens (tertiary/aromatic N) is 3. The molecule has 0 saturated carbocycles. The van der Waals surface area contributed by atoms with Crippen molar-refractivity contribution in [2.75, 3.05) is 26.3 Å². The molecule has 0 unspecified atom stereocenters. The van der Waals surface area contributed by atoms with E-state index in [1.54, 1.807) is 17.6 Å². The molecule has 1 aromatic heterocycles. The van der Waals surface area contributed by atoms with Crippen molar-refractivity contribution in [1.29, 1.82) is 0 Å². The molecule has 37 heavy (non-hydrogen) atoms. The summed E-state index contributed by atoms with van der Waals surface area (Å²) in [5.74, 6) is -0.292. The van der Waals surface area contributed by atoms with Gasteiger partial charge < -0.3 is 14.0 Å². The Morgan fingerprint density at radius 3 is 2.32 bits per heavy atom. The second kappa shape index (κ2) is 12.0. The van der Waals surface area contributed by atoms with Gasteiger partial charge >= 0.3 is 5.97 Å². The van der Waals surface area contributed by atoms with Crippen molar-refractivity contribution in [3.8, 4) is 5.75 Å². The zero-order valence-corrected chi connectivity index (χ0v) is 22.6. The van der Waals surface area contributed by atoms with Crippen LogP contribution in [0.1, 0.15) is 49.9 Å². The Bertz CT molecular complexity index is 1430. The van der Waals surface area contributed by atoms with Gasteiger partial charge in [0.1, 0.15) is 12.3 Å². The molecule has 2 aromatic carbocycles. The number of sulfonamides is 1. The fraction of sp³-hybridized carbons (Fsp3) is 0.423. The van der Waals surface area contributed by atoms with E-state index in [1.807, 2.05) is 19.1 Å². The molecule has 0 bridgehead atoms. The summed E-state index contributed by atoms with van der Waals surface area (Å²) in [6.45, 7) is 5.30. The molecule has 11 heteroatoms. The predicted molar refractivity (Wildman–Crippen MR) is 141 cm³/mol. The Kier molecular flexibility index (Phi) is 8.78. The quantitative estimate of drug-likeness (QED) is 0.397. The maximum atomic E-state index is 13.1. The van der Waals surface area contributed by atoms with Crippen molar-refractivity contribution in [2.45, 2.75) is 51.0 Å². The van der Waals surface area contributed by atoms with Crippen molar-refractivity contribution in [3.63, 3.8) is 0 Å². The van der Waals surface area contributed by atoms with E-state index >= 15 is 0 Å².